The van der Waals surface area contributed by atoms with Crippen LogP contribution in [-0.2, 0) is 9.59 Å². The minimum Gasteiger partial charge on any atom is -0.343 e. The third-order valence-electron chi connectivity index (χ3n) is 4.77. The average molecular weight is 404 g/mol. The fourth-order valence-corrected chi connectivity index (χ4v) is 4.18. The van der Waals surface area contributed by atoms with Gasteiger partial charge in [0.2, 0.25) is 22.7 Å². The molecule has 9 heteroatoms. The Labute approximate surface area is 165 Å². The number of benzene rings is 1. The zero-order valence-corrected chi connectivity index (χ0v) is 16.3. The van der Waals surface area contributed by atoms with Crippen molar-refractivity contribution in [2.24, 2.45) is 5.92 Å². The number of piperidine rings is 1. The van der Waals surface area contributed by atoms with E-state index in [1.165, 1.54) is 11.3 Å². The number of nitrogens with zero attached hydrogens (tertiary/aromatic N) is 4. The fraction of sp³-hybridized carbons (Fsp3) is 0.333. The Kier molecular flexibility index (Phi) is 4.84. The van der Waals surface area contributed by atoms with Crippen molar-refractivity contribution in [3.05, 3.63) is 34.7 Å². The number of hydrogen-bond acceptors (Lipinski definition) is 5. The quantitative estimate of drug-likeness (QED) is 0.727. The van der Waals surface area contributed by atoms with Gasteiger partial charge in [-0.05, 0) is 25.0 Å². The van der Waals surface area contributed by atoms with Crippen molar-refractivity contribution in [3.8, 4) is 11.3 Å². The van der Waals surface area contributed by atoms with E-state index in [0.717, 1.165) is 11.3 Å². The SMILES string of the molecule is CC(=O)N1CCC(C(=O)Nc2nc3scc(-c4ccc(Cl)cc4)n3n2)CC1. The lowest BCUT2D eigenvalue weighted by atomic mass is 9.96. The van der Waals surface area contributed by atoms with Crippen molar-refractivity contribution < 1.29 is 9.59 Å². The molecule has 7 nitrogen and oxygen atoms in total. The maximum atomic E-state index is 12.5. The van der Waals surface area contributed by atoms with E-state index in [4.69, 9.17) is 11.6 Å². The van der Waals surface area contributed by atoms with Gasteiger partial charge in [0.15, 0.2) is 0 Å². The lowest BCUT2D eigenvalue weighted by molar-refractivity contribution is -0.132. The van der Waals surface area contributed by atoms with Gasteiger partial charge < -0.3 is 4.90 Å². The number of carbonyl (C=O) groups excluding carboxylic acids is 2. The van der Waals surface area contributed by atoms with E-state index in [9.17, 15) is 9.59 Å². The minimum absolute atomic E-state index is 0.0552. The summed E-state index contributed by atoms with van der Waals surface area (Å²) in [4.78, 5) is 30.8. The van der Waals surface area contributed by atoms with Crippen molar-refractivity contribution in [1.82, 2.24) is 19.5 Å². The van der Waals surface area contributed by atoms with Crippen LogP contribution in [0.15, 0.2) is 29.6 Å². The Morgan fingerprint density at radius 2 is 1.93 bits per heavy atom. The summed E-state index contributed by atoms with van der Waals surface area (Å²) in [5.74, 6) is 0.137. The number of fused-ring (bicyclic) bond motifs is 1. The zero-order chi connectivity index (χ0) is 19.0. The molecule has 2 amide bonds. The molecule has 1 N–H and O–H groups in total. The first-order valence-corrected chi connectivity index (χ1v) is 9.93. The van der Waals surface area contributed by atoms with Crippen molar-refractivity contribution in [3.63, 3.8) is 0 Å². The van der Waals surface area contributed by atoms with Crippen LogP contribution in [-0.4, -0.2) is 44.4 Å². The lowest BCUT2D eigenvalue weighted by Gasteiger charge is -2.30. The molecular weight excluding hydrogens is 386 g/mol. The minimum atomic E-state index is -0.127. The molecule has 0 spiro atoms. The van der Waals surface area contributed by atoms with Crippen LogP contribution in [0, 0.1) is 5.92 Å². The molecule has 0 saturated carbocycles. The number of hydrogen-bond donors (Lipinski definition) is 1. The van der Waals surface area contributed by atoms with Crippen LogP contribution >= 0.6 is 22.9 Å². The Morgan fingerprint density at radius 1 is 1.22 bits per heavy atom. The third-order valence-corrected chi connectivity index (χ3v) is 5.84. The monoisotopic (exact) mass is 403 g/mol. The number of carbonyl (C=O) groups is 2. The molecule has 4 rings (SSSR count). The number of likely N-dealkylation sites (tertiary alicyclic amines) is 1. The average Bonchev–Trinajstić information content (AvgIpc) is 3.22. The standard InChI is InChI=1S/C18H18ClN5O2S/c1-11(25)23-8-6-13(7-9-23)16(26)20-17-21-18-24(22-17)15(10-27-18)12-2-4-14(19)5-3-12/h2-5,10,13H,6-9H2,1H3,(H,20,22,26). The van der Waals surface area contributed by atoms with Crippen LogP contribution in [0.1, 0.15) is 19.8 Å². The fourth-order valence-electron chi connectivity index (χ4n) is 3.22. The van der Waals surface area contributed by atoms with E-state index in [1.807, 2.05) is 29.6 Å². The molecule has 0 bridgehead atoms. The predicted octanol–water partition coefficient (Wildman–Crippen LogP) is 3.31. The molecule has 3 heterocycles. The molecule has 1 saturated heterocycles. The van der Waals surface area contributed by atoms with Gasteiger partial charge in [0, 0.05) is 41.9 Å². The smallest absolute Gasteiger partial charge is 0.250 e. The molecule has 140 valence electrons. The highest BCUT2D eigenvalue weighted by Gasteiger charge is 2.27. The van der Waals surface area contributed by atoms with Gasteiger partial charge in [0.25, 0.3) is 0 Å². The second kappa shape index (κ2) is 7.28. The summed E-state index contributed by atoms with van der Waals surface area (Å²) in [7, 11) is 0. The maximum absolute atomic E-state index is 12.5. The molecule has 3 aromatic rings. The number of halogens is 1. The van der Waals surface area contributed by atoms with Crippen LogP contribution in [0.5, 0.6) is 0 Å². The van der Waals surface area contributed by atoms with Gasteiger partial charge in [-0.2, -0.15) is 4.98 Å². The molecule has 1 aliphatic heterocycles. The van der Waals surface area contributed by atoms with E-state index in [2.05, 4.69) is 15.4 Å². The molecular formula is C18H18ClN5O2S. The van der Waals surface area contributed by atoms with Gasteiger partial charge in [-0.1, -0.05) is 23.7 Å². The van der Waals surface area contributed by atoms with Gasteiger partial charge in [-0.15, -0.1) is 16.4 Å². The first kappa shape index (κ1) is 17.9. The normalized spacial score (nSPS) is 15.3. The van der Waals surface area contributed by atoms with E-state index < -0.39 is 0 Å². The summed E-state index contributed by atoms with van der Waals surface area (Å²) in [6.07, 6.45) is 1.31. The van der Waals surface area contributed by atoms with Crippen LogP contribution in [0.2, 0.25) is 5.02 Å². The number of rotatable bonds is 3. The molecule has 1 aromatic carbocycles. The zero-order valence-electron chi connectivity index (χ0n) is 14.7. The summed E-state index contributed by atoms with van der Waals surface area (Å²) in [5.41, 5.74) is 1.87. The number of nitrogens with one attached hydrogen (secondary N) is 1. The number of amides is 2. The van der Waals surface area contributed by atoms with Crippen LogP contribution in [0.3, 0.4) is 0 Å². The Hall–Kier alpha value is -2.45. The molecule has 0 unspecified atom stereocenters. The van der Waals surface area contributed by atoms with E-state index in [-0.39, 0.29) is 17.7 Å². The highest BCUT2D eigenvalue weighted by Crippen LogP contribution is 2.27. The first-order valence-electron chi connectivity index (χ1n) is 8.68. The van der Waals surface area contributed by atoms with Crippen molar-refractivity contribution in [2.75, 3.05) is 18.4 Å². The van der Waals surface area contributed by atoms with Gasteiger partial charge in [-0.25, -0.2) is 4.52 Å². The molecule has 1 aliphatic rings. The highest BCUT2D eigenvalue weighted by atomic mass is 35.5. The molecule has 27 heavy (non-hydrogen) atoms. The third kappa shape index (κ3) is 3.68. The number of thiazole rings is 1. The van der Waals surface area contributed by atoms with Crippen LogP contribution < -0.4 is 5.32 Å². The second-order valence-electron chi connectivity index (χ2n) is 6.53. The Bertz CT molecular complexity index is 989. The Morgan fingerprint density at radius 3 is 2.59 bits per heavy atom. The molecule has 1 fully saturated rings. The van der Waals surface area contributed by atoms with E-state index in [1.54, 1.807) is 16.3 Å². The number of aromatic nitrogens is 3. The lowest BCUT2D eigenvalue weighted by Crippen LogP contribution is -2.40. The topological polar surface area (TPSA) is 79.6 Å². The first-order chi connectivity index (χ1) is 13.0. The van der Waals surface area contributed by atoms with Gasteiger partial charge in [-0.3, -0.25) is 14.9 Å². The summed E-state index contributed by atoms with van der Waals surface area (Å²) >= 11 is 7.41. The van der Waals surface area contributed by atoms with E-state index >= 15 is 0 Å². The van der Waals surface area contributed by atoms with Crippen LogP contribution in [0.25, 0.3) is 16.2 Å². The summed E-state index contributed by atoms with van der Waals surface area (Å²) in [5, 5.41) is 9.90. The Balaban J connectivity index is 1.48. The van der Waals surface area contributed by atoms with Gasteiger partial charge in [0.05, 0.1) is 5.69 Å². The molecule has 0 radical (unpaired) electrons. The van der Waals surface area contributed by atoms with Crippen LogP contribution in [0.4, 0.5) is 5.95 Å². The largest absolute Gasteiger partial charge is 0.343 e. The molecule has 2 aromatic heterocycles. The maximum Gasteiger partial charge on any atom is 0.250 e. The van der Waals surface area contributed by atoms with Crippen molar-refractivity contribution >= 4 is 45.7 Å². The van der Waals surface area contributed by atoms with E-state index in [0.29, 0.717) is 41.9 Å². The predicted molar refractivity (Wildman–Crippen MR) is 105 cm³/mol. The summed E-state index contributed by atoms with van der Waals surface area (Å²) in [6.45, 7) is 2.78. The van der Waals surface area contributed by atoms with Crippen molar-refractivity contribution in [1.29, 1.82) is 0 Å². The number of anilines is 1. The van der Waals surface area contributed by atoms with Gasteiger partial charge >= 0.3 is 0 Å². The summed E-state index contributed by atoms with van der Waals surface area (Å²) < 4.78 is 1.72. The highest BCUT2D eigenvalue weighted by molar-refractivity contribution is 7.15. The van der Waals surface area contributed by atoms with Gasteiger partial charge in [0.1, 0.15) is 0 Å². The van der Waals surface area contributed by atoms with Crippen molar-refractivity contribution in [2.45, 2.75) is 19.8 Å². The molecule has 0 aliphatic carbocycles. The molecule has 0 atom stereocenters. The summed E-state index contributed by atoms with van der Waals surface area (Å²) in [6, 6.07) is 7.50. The second-order valence-corrected chi connectivity index (χ2v) is 7.80.